The quantitative estimate of drug-likeness (QED) is 0.826. The van der Waals surface area contributed by atoms with E-state index in [9.17, 15) is 13.2 Å². The predicted octanol–water partition coefficient (Wildman–Crippen LogP) is 4.43. The fourth-order valence-electron chi connectivity index (χ4n) is 3.58. The van der Waals surface area contributed by atoms with Crippen molar-refractivity contribution in [3.63, 3.8) is 0 Å². The first-order valence-corrected chi connectivity index (χ1v) is 11.2. The van der Waals surface area contributed by atoms with Gasteiger partial charge in [-0.3, -0.25) is 4.79 Å². The molecule has 1 fully saturated rings. The number of benzene rings is 2. The maximum atomic E-state index is 13.1. The number of carbonyl (C=O) groups excluding carboxylic acids is 1. The fraction of sp³-hybridized carbons (Fsp3) is 0.409. The Kier molecular flexibility index (Phi) is 6.20. The van der Waals surface area contributed by atoms with Gasteiger partial charge in [-0.25, -0.2) is 8.42 Å². The molecule has 0 saturated carbocycles. The largest absolute Gasteiger partial charge is 0.322 e. The number of sulfonamides is 1. The van der Waals surface area contributed by atoms with Crippen LogP contribution < -0.4 is 5.32 Å². The molecule has 0 unspecified atom stereocenters. The molecule has 1 N–H and O–H groups in total. The molecule has 2 aromatic rings. The number of nitrogens with one attached hydrogen (secondary N) is 1. The fourth-order valence-corrected chi connectivity index (χ4v) is 5.12. The van der Waals surface area contributed by atoms with Crippen LogP contribution in [0.1, 0.15) is 52.7 Å². The van der Waals surface area contributed by atoms with Crippen molar-refractivity contribution >= 4 is 21.6 Å². The number of anilines is 1. The second-order valence-electron chi connectivity index (χ2n) is 7.57. The second kappa shape index (κ2) is 8.45. The number of carbonyl (C=O) groups is 1. The molecule has 1 aliphatic rings. The monoisotopic (exact) mass is 400 g/mol. The van der Waals surface area contributed by atoms with Crippen molar-refractivity contribution in [3.8, 4) is 0 Å². The third-order valence-electron chi connectivity index (χ3n) is 5.29. The van der Waals surface area contributed by atoms with Gasteiger partial charge in [-0.1, -0.05) is 36.6 Å². The van der Waals surface area contributed by atoms with Crippen LogP contribution in [0.5, 0.6) is 0 Å². The van der Waals surface area contributed by atoms with Gasteiger partial charge in [-0.2, -0.15) is 4.31 Å². The van der Waals surface area contributed by atoms with Gasteiger partial charge < -0.3 is 5.32 Å². The zero-order valence-corrected chi connectivity index (χ0v) is 17.6. The molecule has 1 aliphatic heterocycles. The average Bonchev–Trinajstić information content (AvgIpc) is 2.94. The van der Waals surface area contributed by atoms with E-state index in [0.717, 1.165) is 48.1 Å². The molecule has 1 heterocycles. The SMILES string of the molecule is Cc1ccc(NC(=O)c2cc(S(=O)(=O)N3CCCCCC3)ccc2C)c(C)c1. The Morgan fingerprint density at radius 2 is 1.57 bits per heavy atom. The summed E-state index contributed by atoms with van der Waals surface area (Å²) in [4.78, 5) is 13.0. The van der Waals surface area contributed by atoms with Crippen molar-refractivity contribution in [3.05, 3.63) is 58.7 Å². The minimum atomic E-state index is -3.59. The van der Waals surface area contributed by atoms with Crippen LogP contribution in [0.4, 0.5) is 5.69 Å². The molecule has 150 valence electrons. The minimum Gasteiger partial charge on any atom is -0.322 e. The van der Waals surface area contributed by atoms with Gasteiger partial charge in [0.2, 0.25) is 10.0 Å². The molecule has 0 aliphatic carbocycles. The summed E-state index contributed by atoms with van der Waals surface area (Å²) in [6, 6.07) is 10.6. The Morgan fingerprint density at radius 3 is 2.21 bits per heavy atom. The van der Waals surface area contributed by atoms with Crippen LogP contribution in [0.25, 0.3) is 0 Å². The minimum absolute atomic E-state index is 0.186. The molecule has 0 aromatic heterocycles. The topological polar surface area (TPSA) is 66.5 Å². The molecule has 6 heteroatoms. The van der Waals surface area contributed by atoms with Gasteiger partial charge in [0.1, 0.15) is 0 Å². The van der Waals surface area contributed by atoms with Crippen LogP contribution in [0, 0.1) is 20.8 Å². The van der Waals surface area contributed by atoms with Crippen LogP contribution in [-0.2, 0) is 10.0 Å². The predicted molar refractivity (Wildman–Crippen MR) is 112 cm³/mol. The van der Waals surface area contributed by atoms with E-state index in [1.165, 1.54) is 6.07 Å². The van der Waals surface area contributed by atoms with Gasteiger partial charge >= 0.3 is 0 Å². The number of rotatable bonds is 4. The molecule has 0 atom stereocenters. The molecule has 0 radical (unpaired) electrons. The first-order valence-electron chi connectivity index (χ1n) is 9.78. The summed E-state index contributed by atoms with van der Waals surface area (Å²) in [7, 11) is -3.59. The van der Waals surface area contributed by atoms with Crippen LogP contribution in [0.3, 0.4) is 0 Å². The van der Waals surface area contributed by atoms with E-state index in [1.54, 1.807) is 16.4 Å². The lowest BCUT2D eigenvalue weighted by Crippen LogP contribution is -2.32. The summed E-state index contributed by atoms with van der Waals surface area (Å²) in [6.45, 7) is 6.84. The maximum absolute atomic E-state index is 13.1. The van der Waals surface area contributed by atoms with E-state index in [-0.39, 0.29) is 10.8 Å². The van der Waals surface area contributed by atoms with Gasteiger partial charge in [0.05, 0.1) is 4.90 Å². The highest BCUT2D eigenvalue weighted by molar-refractivity contribution is 7.89. The molecule has 1 saturated heterocycles. The first kappa shape index (κ1) is 20.6. The van der Waals surface area contributed by atoms with E-state index in [4.69, 9.17) is 0 Å². The van der Waals surface area contributed by atoms with Crippen molar-refractivity contribution < 1.29 is 13.2 Å². The van der Waals surface area contributed by atoms with Gasteiger partial charge in [-0.05, 0) is 62.9 Å². The standard InChI is InChI=1S/C22H28N2O3S/c1-16-8-11-21(18(3)14-16)23-22(25)20-15-19(10-9-17(20)2)28(26,27)24-12-6-4-5-7-13-24/h8-11,14-15H,4-7,12-13H2,1-3H3,(H,23,25). The lowest BCUT2D eigenvalue weighted by atomic mass is 10.1. The molecule has 0 spiro atoms. The van der Waals surface area contributed by atoms with Crippen LogP contribution in [0.15, 0.2) is 41.3 Å². The van der Waals surface area contributed by atoms with Crippen LogP contribution in [0.2, 0.25) is 0 Å². The van der Waals surface area contributed by atoms with E-state index in [1.807, 2.05) is 39.0 Å². The van der Waals surface area contributed by atoms with Gasteiger partial charge in [0.15, 0.2) is 0 Å². The Balaban J connectivity index is 1.89. The van der Waals surface area contributed by atoms with Crippen molar-refractivity contribution in [2.24, 2.45) is 0 Å². The molecule has 1 amide bonds. The summed E-state index contributed by atoms with van der Waals surface area (Å²) in [5, 5.41) is 2.92. The molecular weight excluding hydrogens is 372 g/mol. The second-order valence-corrected chi connectivity index (χ2v) is 9.51. The highest BCUT2D eigenvalue weighted by atomic mass is 32.2. The smallest absolute Gasteiger partial charge is 0.255 e. The molecule has 0 bridgehead atoms. The third-order valence-corrected chi connectivity index (χ3v) is 7.18. The number of hydrogen-bond donors (Lipinski definition) is 1. The molecular formula is C22H28N2O3S. The zero-order chi connectivity index (χ0) is 20.3. The van der Waals surface area contributed by atoms with Crippen molar-refractivity contribution in [2.45, 2.75) is 51.3 Å². The van der Waals surface area contributed by atoms with Crippen molar-refractivity contribution in [1.29, 1.82) is 0 Å². The number of hydrogen-bond acceptors (Lipinski definition) is 3. The van der Waals surface area contributed by atoms with Gasteiger partial charge in [0, 0.05) is 24.3 Å². The van der Waals surface area contributed by atoms with E-state index in [2.05, 4.69) is 5.32 Å². The van der Waals surface area contributed by atoms with E-state index >= 15 is 0 Å². The van der Waals surface area contributed by atoms with E-state index in [0.29, 0.717) is 18.7 Å². The number of aryl methyl sites for hydroxylation is 3. The number of amides is 1. The lowest BCUT2D eigenvalue weighted by Gasteiger charge is -2.20. The maximum Gasteiger partial charge on any atom is 0.255 e. The van der Waals surface area contributed by atoms with E-state index < -0.39 is 10.0 Å². The van der Waals surface area contributed by atoms with Gasteiger partial charge in [-0.15, -0.1) is 0 Å². The summed E-state index contributed by atoms with van der Waals surface area (Å²) in [5.74, 6) is -0.294. The van der Waals surface area contributed by atoms with Crippen molar-refractivity contribution in [2.75, 3.05) is 18.4 Å². The number of nitrogens with zero attached hydrogens (tertiary/aromatic N) is 1. The first-order chi connectivity index (χ1) is 13.3. The van der Waals surface area contributed by atoms with Crippen LogP contribution in [-0.4, -0.2) is 31.7 Å². The molecule has 3 rings (SSSR count). The van der Waals surface area contributed by atoms with Crippen molar-refractivity contribution in [1.82, 2.24) is 4.31 Å². The molecule has 2 aromatic carbocycles. The molecule has 28 heavy (non-hydrogen) atoms. The Bertz CT molecular complexity index is 975. The normalized spacial score (nSPS) is 15.8. The lowest BCUT2D eigenvalue weighted by molar-refractivity contribution is 0.102. The highest BCUT2D eigenvalue weighted by Crippen LogP contribution is 2.24. The van der Waals surface area contributed by atoms with Crippen LogP contribution >= 0.6 is 0 Å². The Morgan fingerprint density at radius 1 is 0.893 bits per heavy atom. The Hall–Kier alpha value is -2.18. The summed E-state index contributed by atoms with van der Waals surface area (Å²) in [5.41, 5.74) is 3.96. The highest BCUT2D eigenvalue weighted by Gasteiger charge is 2.26. The summed E-state index contributed by atoms with van der Waals surface area (Å²) < 4.78 is 27.7. The average molecular weight is 401 g/mol. The summed E-state index contributed by atoms with van der Waals surface area (Å²) in [6.07, 6.45) is 3.88. The van der Waals surface area contributed by atoms with Gasteiger partial charge in [0.25, 0.3) is 5.91 Å². The Labute approximate surface area is 167 Å². The molecule has 5 nitrogen and oxygen atoms in total. The zero-order valence-electron chi connectivity index (χ0n) is 16.8. The summed E-state index contributed by atoms with van der Waals surface area (Å²) >= 11 is 0. The third kappa shape index (κ3) is 4.45.